The van der Waals surface area contributed by atoms with Gasteiger partial charge in [0.25, 0.3) is 0 Å². The standard InChI is InChI=1S/C17H21ClO6/c18-10-2-1-3-12(6-10)24-9-11(19)4-5-13-14(7-17(22)23)16(21)8-15(13)20/h1-6,11,13-16,19-21H,7-9H2,(H,22,23)/b5-4+/t11-,13-,14-,15-,16+/m1/s1. The first-order valence-corrected chi connectivity index (χ1v) is 8.07. The zero-order valence-corrected chi connectivity index (χ0v) is 13.7. The van der Waals surface area contributed by atoms with Crippen molar-refractivity contribution in [3.05, 3.63) is 41.4 Å². The van der Waals surface area contributed by atoms with E-state index in [0.717, 1.165) is 0 Å². The predicted octanol–water partition coefficient (Wildman–Crippen LogP) is 1.47. The number of hydrogen-bond donors (Lipinski definition) is 4. The summed E-state index contributed by atoms with van der Waals surface area (Å²) in [5.74, 6) is -1.60. The third-order valence-corrected chi connectivity index (χ3v) is 4.33. The summed E-state index contributed by atoms with van der Waals surface area (Å²) >= 11 is 5.84. The molecule has 1 aromatic rings. The summed E-state index contributed by atoms with van der Waals surface area (Å²) < 4.78 is 5.41. The van der Waals surface area contributed by atoms with E-state index in [1.165, 1.54) is 6.08 Å². The first-order valence-electron chi connectivity index (χ1n) is 7.69. The van der Waals surface area contributed by atoms with E-state index >= 15 is 0 Å². The molecule has 132 valence electrons. The quantitative estimate of drug-likeness (QED) is 0.551. The number of hydrogen-bond acceptors (Lipinski definition) is 5. The molecule has 0 radical (unpaired) electrons. The number of aliphatic carboxylic acids is 1. The van der Waals surface area contributed by atoms with E-state index in [4.69, 9.17) is 21.4 Å². The summed E-state index contributed by atoms with van der Waals surface area (Å²) in [6.07, 6.45) is 0.266. The fraction of sp³-hybridized carbons (Fsp3) is 0.471. The third-order valence-electron chi connectivity index (χ3n) is 4.10. The second-order valence-electron chi connectivity index (χ2n) is 5.93. The number of carbonyl (C=O) groups is 1. The van der Waals surface area contributed by atoms with Crippen molar-refractivity contribution in [3.63, 3.8) is 0 Å². The number of carboxylic acids is 1. The van der Waals surface area contributed by atoms with Crippen LogP contribution in [0.1, 0.15) is 12.8 Å². The van der Waals surface area contributed by atoms with Gasteiger partial charge in [0, 0.05) is 23.3 Å². The summed E-state index contributed by atoms with van der Waals surface area (Å²) in [5.41, 5.74) is 0. The SMILES string of the molecule is O=C(O)C[C@@H]1[C@@H](/C=C/[C@@H](O)COc2cccc(Cl)c2)[C@H](O)C[C@@H]1O. The van der Waals surface area contributed by atoms with Gasteiger partial charge in [0.05, 0.1) is 18.6 Å². The van der Waals surface area contributed by atoms with Crippen LogP contribution in [0, 0.1) is 11.8 Å². The van der Waals surface area contributed by atoms with Gasteiger partial charge in [0.2, 0.25) is 0 Å². The highest BCUT2D eigenvalue weighted by Crippen LogP contribution is 2.36. The Morgan fingerprint density at radius 3 is 2.79 bits per heavy atom. The van der Waals surface area contributed by atoms with Gasteiger partial charge < -0.3 is 25.2 Å². The van der Waals surface area contributed by atoms with Crippen LogP contribution in [-0.4, -0.2) is 51.3 Å². The van der Waals surface area contributed by atoms with Crippen LogP contribution >= 0.6 is 11.6 Å². The Balaban J connectivity index is 1.91. The molecule has 1 saturated carbocycles. The summed E-state index contributed by atoms with van der Waals surface area (Å²) in [6, 6.07) is 6.77. The molecule has 0 aromatic heterocycles. The van der Waals surface area contributed by atoms with Gasteiger partial charge in [-0.05, 0) is 18.2 Å². The van der Waals surface area contributed by atoms with Crippen molar-refractivity contribution in [3.8, 4) is 5.75 Å². The molecule has 0 unspecified atom stereocenters. The minimum Gasteiger partial charge on any atom is -0.491 e. The molecule has 0 aliphatic heterocycles. The van der Waals surface area contributed by atoms with Crippen LogP contribution in [0.5, 0.6) is 5.75 Å². The topological polar surface area (TPSA) is 107 Å². The number of carboxylic acid groups (broad SMARTS) is 1. The largest absolute Gasteiger partial charge is 0.491 e. The zero-order valence-electron chi connectivity index (χ0n) is 13.0. The molecular weight excluding hydrogens is 336 g/mol. The van der Waals surface area contributed by atoms with Crippen molar-refractivity contribution in [2.24, 2.45) is 11.8 Å². The van der Waals surface area contributed by atoms with Crippen molar-refractivity contribution in [1.29, 1.82) is 0 Å². The maximum Gasteiger partial charge on any atom is 0.303 e. The number of rotatable bonds is 7. The van der Waals surface area contributed by atoms with Gasteiger partial charge in [-0.2, -0.15) is 0 Å². The highest BCUT2D eigenvalue weighted by molar-refractivity contribution is 6.30. The molecule has 1 aromatic carbocycles. The van der Waals surface area contributed by atoms with Gasteiger partial charge in [0.15, 0.2) is 0 Å². The Kier molecular flexibility index (Phi) is 6.62. The van der Waals surface area contributed by atoms with Crippen LogP contribution in [0.25, 0.3) is 0 Å². The molecule has 0 spiro atoms. The number of benzene rings is 1. The fourth-order valence-electron chi connectivity index (χ4n) is 2.92. The first kappa shape index (κ1) is 18.7. The van der Waals surface area contributed by atoms with E-state index in [-0.39, 0.29) is 19.4 Å². The number of aliphatic hydroxyl groups excluding tert-OH is 3. The molecule has 0 bridgehead atoms. The Morgan fingerprint density at radius 2 is 2.12 bits per heavy atom. The van der Waals surface area contributed by atoms with Gasteiger partial charge in [-0.15, -0.1) is 0 Å². The van der Waals surface area contributed by atoms with E-state index < -0.39 is 36.1 Å². The van der Waals surface area contributed by atoms with Crippen LogP contribution in [0.3, 0.4) is 0 Å². The maximum atomic E-state index is 10.9. The minimum absolute atomic E-state index is 0.00813. The Bertz CT molecular complexity index is 590. The monoisotopic (exact) mass is 356 g/mol. The zero-order chi connectivity index (χ0) is 17.7. The highest BCUT2D eigenvalue weighted by Gasteiger charge is 2.41. The smallest absolute Gasteiger partial charge is 0.303 e. The van der Waals surface area contributed by atoms with E-state index in [1.807, 2.05) is 0 Å². The van der Waals surface area contributed by atoms with Crippen LogP contribution in [0.2, 0.25) is 5.02 Å². The molecule has 1 aliphatic rings. The van der Waals surface area contributed by atoms with Crippen molar-refractivity contribution in [2.45, 2.75) is 31.2 Å². The molecular formula is C17H21ClO6. The van der Waals surface area contributed by atoms with Crippen molar-refractivity contribution in [2.75, 3.05) is 6.61 Å². The first-order chi connectivity index (χ1) is 11.4. The predicted molar refractivity (Wildman–Crippen MR) is 88.0 cm³/mol. The lowest BCUT2D eigenvalue weighted by Gasteiger charge is -2.19. The van der Waals surface area contributed by atoms with Crippen molar-refractivity contribution >= 4 is 17.6 Å². The molecule has 0 saturated heterocycles. The summed E-state index contributed by atoms with van der Waals surface area (Å²) in [6.45, 7) is -0.00813. The molecule has 5 atom stereocenters. The second kappa shape index (κ2) is 8.48. The number of aliphatic hydroxyl groups is 3. The van der Waals surface area contributed by atoms with Crippen molar-refractivity contribution < 1.29 is 30.0 Å². The van der Waals surface area contributed by atoms with Gasteiger partial charge >= 0.3 is 5.97 Å². The Morgan fingerprint density at radius 1 is 1.38 bits per heavy atom. The molecule has 1 fully saturated rings. The van der Waals surface area contributed by atoms with Gasteiger partial charge in [-0.1, -0.05) is 29.8 Å². The molecule has 0 amide bonds. The minimum atomic E-state index is -1.03. The van der Waals surface area contributed by atoms with Crippen molar-refractivity contribution in [1.82, 2.24) is 0 Å². The van der Waals surface area contributed by atoms with Gasteiger partial charge in [-0.3, -0.25) is 4.79 Å². The average molecular weight is 357 g/mol. The normalized spacial score (nSPS) is 28.2. The van der Waals surface area contributed by atoms with E-state index in [1.54, 1.807) is 30.3 Å². The van der Waals surface area contributed by atoms with Crippen LogP contribution in [-0.2, 0) is 4.79 Å². The molecule has 6 nitrogen and oxygen atoms in total. The lowest BCUT2D eigenvalue weighted by Crippen LogP contribution is -2.24. The lowest BCUT2D eigenvalue weighted by atomic mass is 9.90. The van der Waals surface area contributed by atoms with Gasteiger partial charge in [0.1, 0.15) is 18.5 Å². The molecule has 24 heavy (non-hydrogen) atoms. The van der Waals surface area contributed by atoms with E-state index in [0.29, 0.717) is 10.8 Å². The molecule has 4 N–H and O–H groups in total. The Labute approximate surface area is 145 Å². The number of ether oxygens (including phenoxy) is 1. The average Bonchev–Trinajstić information content (AvgIpc) is 2.76. The van der Waals surface area contributed by atoms with E-state index in [2.05, 4.69) is 0 Å². The second-order valence-corrected chi connectivity index (χ2v) is 6.37. The fourth-order valence-corrected chi connectivity index (χ4v) is 3.10. The van der Waals surface area contributed by atoms with Crippen LogP contribution in [0.15, 0.2) is 36.4 Å². The van der Waals surface area contributed by atoms with E-state index in [9.17, 15) is 20.1 Å². The molecule has 7 heteroatoms. The molecule has 1 aliphatic carbocycles. The summed E-state index contributed by atoms with van der Waals surface area (Å²) in [4.78, 5) is 10.9. The Hall–Kier alpha value is -1.60. The third kappa shape index (κ3) is 5.21. The summed E-state index contributed by atoms with van der Waals surface area (Å²) in [5, 5.41) is 39.2. The number of halogens is 1. The lowest BCUT2D eigenvalue weighted by molar-refractivity contribution is -0.139. The molecule has 0 heterocycles. The van der Waals surface area contributed by atoms with Crippen LogP contribution < -0.4 is 4.74 Å². The van der Waals surface area contributed by atoms with Gasteiger partial charge in [-0.25, -0.2) is 0 Å². The maximum absolute atomic E-state index is 10.9. The highest BCUT2D eigenvalue weighted by atomic mass is 35.5. The summed E-state index contributed by atoms with van der Waals surface area (Å²) in [7, 11) is 0. The molecule has 2 rings (SSSR count). The van der Waals surface area contributed by atoms with Crippen LogP contribution in [0.4, 0.5) is 0 Å².